The van der Waals surface area contributed by atoms with Gasteiger partial charge in [-0.3, -0.25) is 13.7 Å². The first-order valence-corrected chi connectivity index (χ1v) is 26.5. The molecule has 77 heavy (non-hydrogen) atoms. The molecule has 0 amide bonds. The number of pyridine rings is 1. The number of rotatable bonds is 11. The Hall–Kier alpha value is -8.80. The zero-order chi connectivity index (χ0) is 57.4. The van der Waals surface area contributed by atoms with Gasteiger partial charge in [0.05, 0.1) is 40.3 Å². The summed E-state index contributed by atoms with van der Waals surface area (Å²) in [7, 11) is 0. The highest BCUT2D eigenvalue weighted by Gasteiger charge is 2.27. The Balaban J connectivity index is 0.989. The molecule has 12 aromatic rings. The molecule has 0 saturated heterocycles. The van der Waals surface area contributed by atoms with Crippen LogP contribution in [0.25, 0.3) is 83.4 Å². The third-order valence-corrected chi connectivity index (χ3v) is 15.0. The fourth-order valence-corrected chi connectivity index (χ4v) is 10.9. The predicted octanol–water partition coefficient (Wildman–Crippen LogP) is 18.1. The normalized spacial score (nSPS) is 13.1. The number of para-hydroxylation sites is 4. The lowest BCUT2D eigenvalue weighted by Crippen LogP contribution is -2.31. The van der Waals surface area contributed by atoms with E-state index in [1.165, 1.54) is 11.1 Å². The molecule has 9 aromatic carbocycles. The molecule has 0 radical (unpaired) electrons. The van der Waals surface area contributed by atoms with Crippen LogP contribution in [0, 0.1) is 6.33 Å². The lowest BCUT2D eigenvalue weighted by Gasteiger charge is -2.27. The molecule has 0 fully saturated rings. The van der Waals surface area contributed by atoms with Gasteiger partial charge in [-0.2, -0.15) is 0 Å². The second-order valence-electron chi connectivity index (χ2n) is 22.9. The second-order valence-corrected chi connectivity index (χ2v) is 22.9. The maximum Gasteiger partial charge on any atom is 0.269 e. The second kappa shape index (κ2) is 19.4. The van der Waals surface area contributed by atoms with Crippen LogP contribution in [-0.2, 0) is 22.7 Å². The van der Waals surface area contributed by atoms with Crippen molar-refractivity contribution in [2.75, 3.05) is 0 Å². The Morgan fingerprint density at radius 1 is 0.506 bits per heavy atom. The standard InChI is InChI=1S/C72H64N4O/c1-70(2,3)54-40-51(41-55(43-54)71(4,5)6)60-34-23-33-59(49-24-12-9-13-25-49)69(60)75-48-74(65-36-20-21-37-66(65)75)56-30-22-31-57(44-56)77-58-38-39-62-61-32-18-19-35-64(61)76(67(62)45-58)68-42-52(46-72(7,8)53-28-16-11-17-29-53)63(47-73-68)50-26-14-10-15-27-50/h9-45,47H,46H2,1-8H3/i9D,12D,13D,24D,25D. The molecule has 0 bridgehead atoms. The summed E-state index contributed by atoms with van der Waals surface area (Å²) in [6, 6.07) is 65.0. The smallest absolute Gasteiger partial charge is 0.269 e. The summed E-state index contributed by atoms with van der Waals surface area (Å²) < 4.78 is 57.7. The molecule has 0 saturated carbocycles. The minimum atomic E-state index is -0.442. The molecule has 5 heteroatoms. The number of imidazole rings is 1. The van der Waals surface area contributed by atoms with E-state index in [2.05, 4.69) is 188 Å². The van der Waals surface area contributed by atoms with E-state index >= 15 is 0 Å². The maximum absolute atomic E-state index is 9.27. The molecule has 0 aliphatic rings. The first-order valence-electron chi connectivity index (χ1n) is 29.0. The SMILES string of the molecule is [2H]c1c([2H])c([2H])c(-c2cccc(-c3cc(C(C)(C)C)cc(C(C)(C)C)c3)c2-[n+]2[c-]n(-c3cccc(Oc4ccc5c6ccccc6n(-c6cc(CC(C)(C)c7ccccc7)c(-c7ccccc7)cn6)c5c4)c3)c3ccccc32)c([2H])c1[2H]. The van der Waals surface area contributed by atoms with Gasteiger partial charge in [0.15, 0.2) is 0 Å². The minimum Gasteiger partial charge on any atom is -0.458 e. The molecule has 0 aliphatic carbocycles. The van der Waals surface area contributed by atoms with E-state index in [0.717, 1.165) is 84.1 Å². The van der Waals surface area contributed by atoms with Gasteiger partial charge in [0, 0.05) is 28.6 Å². The summed E-state index contributed by atoms with van der Waals surface area (Å²) in [5, 5.41) is 2.19. The van der Waals surface area contributed by atoms with Gasteiger partial charge in [0.1, 0.15) is 17.3 Å². The van der Waals surface area contributed by atoms with Crippen molar-refractivity contribution in [1.29, 1.82) is 0 Å². The molecule has 3 aromatic heterocycles. The monoisotopic (exact) mass is 1010 g/mol. The minimum absolute atomic E-state index is 0.113. The molecule has 0 unspecified atom stereocenters. The molecule has 12 rings (SSSR count). The van der Waals surface area contributed by atoms with E-state index in [4.69, 9.17) is 13.8 Å². The third-order valence-electron chi connectivity index (χ3n) is 15.0. The summed E-state index contributed by atoms with van der Waals surface area (Å²) in [5.41, 5.74) is 13.9. The maximum atomic E-state index is 9.27. The van der Waals surface area contributed by atoms with Crippen molar-refractivity contribution in [1.82, 2.24) is 14.1 Å². The fraction of sp³-hybridized carbons (Fsp3) is 0.167. The average molecular weight is 1010 g/mol. The molecule has 5 nitrogen and oxygen atoms in total. The van der Waals surface area contributed by atoms with E-state index in [1.54, 1.807) is 0 Å². The Bertz CT molecular complexity index is 4390. The number of benzene rings is 9. The number of ether oxygens (including phenoxy) is 1. The van der Waals surface area contributed by atoms with Gasteiger partial charge in [-0.25, -0.2) is 4.98 Å². The van der Waals surface area contributed by atoms with E-state index in [0.29, 0.717) is 22.7 Å². The summed E-state index contributed by atoms with van der Waals surface area (Å²) >= 11 is 0. The lowest BCUT2D eigenvalue weighted by molar-refractivity contribution is -0.571. The average Bonchev–Trinajstić information content (AvgIpc) is 4.23. The topological polar surface area (TPSA) is 35.9 Å². The highest BCUT2D eigenvalue weighted by Crippen LogP contribution is 2.41. The number of nitrogens with zero attached hydrogens (tertiary/aromatic N) is 4. The Morgan fingerprint density at radius 3 is 1.86 bits per heavy atom. The van der Waals surface area contributed by atoms with Crippen LogP contribution < -0.4 is 9.30 Å². The Labute approximate surface area is 460 Å². The van der Waals surface area contributed by atoms with Crippen molar-refractivity contribution in [2.24, 2.45) is 0 Å². The van der Waals surface area contributed by atoms with Gasteiger partial charge < -0.3 is 4.74 Å². The number of aromatic nitrogens is 4. The lowest BCUT2D eigenvalue weighted by atomic mass is 9.78. The van der Waals surface area contributed by atoms with Crippen molar-refractivity contribution in [3.63, 3.8) is 0 Å². The van der Waals surface area contributed by atoms with Gasteiger partial charge in [0.25, 0.3) is 6.33 Å². The molecule has 0 spiro atoms. The number of hydrogen-bond donors (Lipinski definition) is 0. The molecule has 0 N–H and O–H groups in total. The highest BCUT2D eigenvalue weighted by atomic mass is 16.5. The molecule has 378 valence electrons. The molecule has 0 aliphatic heterocycles. The first-order chi connectivity index (χ1) is 39.2. The Kier molecular flexibility index (Phi) is 10.9. The van der Waals surface area contributed by atoms with Crippen LogP contribution in [0.15, 0.2) is 231 Å². The van der Waals surface area contributed by atoms with Gasteiger partial charge in [-0.1, -0.05) is 231 Å². The van der Waals surface area contributed by atoms with Crippen molar-refractivity contribution < 1.29 is 16.2 Å². The van der Waals surface area contributed by atoms with Crippen LogP contribution in [0.3, 0.4) is 0 Å². The van der Waals surface area contributed by atoms with Gasteiger partial charge in [-0.05, 0) is 115 Å². The van der Waals surface area contributed by atoms with E-state index in [-0.39, 0.29) is 33.9 Å². The van der Waals surface area contributed by atoms with Gasteiger partial charge in [0.2, 0.25) is 0 Å². The largest absolute Gasteiger partial charge is 0.458 e. The van der Waals surface area contributed by atoms with E-state index in [1.807, 2.05) is 88.1 Å². The van der Waals surface area contributed by atoms with Crippen LogP contribution in [0.2, 0.25) is 0 Å². The van der Waals surface area contributed by atoms with Crippen LogP contribution in [0.4, 0.5) is 0 Å². The summed E-state index contributed by atoms with van der Waals surface area (Å²) in [6.45, 7) is 17.9. The summed E-state index contributed by atoms with van der Waals surface area (Å²) in [6.07, 6.45) is 6.55. The van der Waals surface area contributed by atoms with Crippen molar-refractivity contribution in [3.05, 3.63) is 259 Å². The van der Waals surface area contributed by atoms with Crippen molar-refractivity contribution in [2.45, 2.75) is 78.1 Å². The summed E-state index contributed by atoms with van der Waals surface area (Å²) in [5.74, 6) is 2.09. The molecular weight excluding hydrogens is 937 g/mol. The summed E-state index contributed by atoms with van der Waals surface area (Å²) in [4.78, 5) is 5.23. The van der Waals surface area contributed by atoms with E-state index in [9.17, 15) is 2.74 Å². The predicted molar refractivity (Wildman–Crippen MR) is 319 cm³/mol. The molecule has 3 heterocycles. The number of hydrogen-bond acceptors (Lipinski definition) is 2. The van der Waals surface area contributed by atoms with E-state index < -0.39 is 18.1 Å². The van der Waals surface area contributed by atoms with Crippen LogP contribution >= 0.6 is 0 Å². The first kappa shape index (κ1) is 43.4. The zero-order valence-corrected chi connectivity index (χ0v) is 45.0. The Morgan fingerprint density at radius 2 is 1.13 bits per heavy atom. The van der Waals surface area contributed by atoms with Crippen LogP contribution in [0.1, 0.15) is 84.5 Å². The van der Waals surface area contributed by atoms with Crippen LogP contribution in [0.5, 0.6) is 11.5 Å². The van der Waals surface area contributed by atoms with Crippen molar-refractivity contribution >= 4 is 32.8 Å². The van der Waals surface area contributed by atoms with Crippen LogP contribution in [-0.4, -0.2) is 14.1 Å². The zero-order valence-electron chi connectivity index (χ0n) is 50.0. The number of fused-ring (bicyclic) bond motifs is 4. The highest BCUT2D eigenvalue weighted by molar-refractivity contribution is 6.09. The third kappa shape index (κ3) is 9.41. The van der Waals surface area contributed by atoms with Crippen molar-refractivity contribution in [3.8, 4) is 62.1 Å². The van der Waals surface area contributed by atoms with Gasteiger partial charge >= 0.3 is 0 Å². The molecule has 0 atom stereocenters. The fourth-order valence-electron chi connectivity index (χ4n) is 10.9. The molecular formula is C72H64N4O. The quantitative estimate of drug-likeness (QED) is 0.0956. The van der Waals surface area contributed by atoms with Gasteiger partial charge in [-0.15, -0.1) is 0 Å².